The Morgan fingerprint density at radius 3 is 2.27 bits per heavy atom. The van der Waals surface area contributed by atoms with E-state index >= 15 is 0 Å². The van der Waals surface area contributed by atoms with Crippen molar-refractivity contribution in [1.29, 1.82) is 0 Å². The van der Waals surface area contributed by atoms with Crippen LogP contribution in [0.3, 0.4) is 0 Å². The molecular formula is C29H30N2O6. The lowest BCUT2D eigenvalue weighted by Crippen LogP contribution is -2.45. The van der Waals surface area contributed by atoms with Crippen LogP contribution < -0.4 is 5.32 Å². The highest BCUT2D eigenvalue weighted by Gasteiger charge is 2.31. The minimum Gasteiger partial charge on any atom is -0.479 e. The number of pyridine rings is 1. The van der Waals surface area contributed by atoms with Crippen molar-refractivity contribution in [3.05, 3.63) is 89.7 Å². The molecule has 192 valence electrons. The van der Waals surface area contributed by atoms with Gasteiger partial charge in [-0.15, -0.1) is 0 Å². The number of carbonyl (C=O) groups excluding carboxylic acids is 2. The van der Waals surface area contributed by atoms with Crippen molar-refractivity contribution in [3.63, 3.8) is 0 Å². The number of amides is 1. The van der Waals surface area contributed by atoms with Crippen LogP contribution in [0.1, 0.15) is 48.8 Å². The molecule has 2 aromatic carbocycles. The molecule has 3 aromatic rings. The average molecular weight is 503 g/mol. The van der Waals surface area contributed by atoms with Crippen LogP contribution in [-0.2, 0) is 25.5 Å². The quantitative estimate of drug-likeness (QED) is 0.365. The van der Waals surface area contributed by atoms with E-state index in [9.17, 15) is 19.5 Å². The Bertz CT molecular complexity index is 1200. The Morgan fingerprint density at radius 1 is 1.00 bits per heavy atom. The number of aromatic nitrogens is 1. The fourth-order valence-corrected chi connectivity index (χ4v) is 4.57. The maximum absolute atomic E-state index is 13.0. The van der Waals surface area contributed by atoms with Crippen LogP contribution in [0.2, 0.25) is 0 Å². The number of alkyl carbamates (subject to hydrolysis) is 1. The Hall–Kier alpha value is -4.20. The SMILES string of the molecule is CCCC[C@H](OC(=O)[C@H](Cc1cccnc1)NC(=O)OCC1c2ccccc2-c2ccccc21)C(=O)O. The number of carboxylic acid groups (broad SMARTS) is 1. The first-order valence-electron chi connectivity index (χ1n) is 12.4. The number of carbonyl (C=O) groups is 3. The second-order valence-corrected chi connectivity index (χ2v) is 8.99. The number of fused-ring (bicyclic) bond motifs is 3. The summed E-state index contributed by atoms with van der Waals surface area (Å²) in [6.07, 6.45) is 2.74. The lowest BCUT2D eigenvalue weighted by molar-refractivity contribution is -0.165. The van der Waals surface area contributed by atoms with E-state index in [4.69, 9.17) is 9.47 Å². The van der Waals surface area contributed by atoms with Gasteiger partial charge in [-0.25, -0.2) is 14.4 Å². The van der Waals surface area contributed by atoms with Crippen molar-refractivity contribution in [1.82, 2.24) is 10.3 Å². The molecule has 8 nitrogen and oxygen atoms in total. The second-order valence-electron chi connectivity index (χ2n) is 8.99. The predicted octanol–water partition coefficient (Wildman–Crippen LogP) is 4.72. The zero-order valence-corrected chi connectivity index (χ0v) is 20.6. The molecule has 1 amide bonds. The number of hydrogen-bond donors (Lipinski definition) is 2. The molecule has 0 fully saturated rings. The van der Waals surface area contributed by atoms with Gasteiger partial charge in [0.05, 0.1) is 0 Å². The van der Waals surface area contributed by atoms with Crippen molar-refractivity contribution < 1.29 is 29.0 Å². The van der Waals surface area contributed by atoms with Crippen molar-refractivity contribution in [2.75, 3.05) is 6.61 Å². The Morgan fingerprint density at radius 2 is 1.68 bits per heavy atom. The minimum atomic E-state index is -1.28. The molecule has 2 N–H and O–H groups in total. The third-order valence-corrected chi connectivity index (χ3v) is 6.44. The number of unbranched alkanes of at least 4 members (excludes halogenated alkanes) is 1. The van der Waals surface area contributed by atoms with E-state index in [-0.39, 0.29) is 25.4 Å². The number of nitrogens with one attached hydrogen (secondary N) is 1. The van der Waals surface area contributed by atoms with Crippen molar-refractivity contribution in [2.45, 2.75) is 50.7 Å². The van der Waals surface area contributed by atoms with E-state index in [0.717, 1.165) is 28.7 Å². The Labute approximate surface area is 215 Å². The molecule has 1 aliphatic carbocycles. The topological polar surface area (TPSA) is 115 Å². The molecule has 8 heteroatoms. The lowest BCUT2D eigenvalue weighted by atomic mass is 9.98. The van der Waals surface area contributed by atoms with E-state index in [1.807, 2.05) is 55.5 Å². The van der Waals surface area contributed by atoms with Crippen LogP contribution in [-0.4, -0.2) is 46.9 Å². The zero-order chi connectivity index (χ0) is 26.2. The van der Waals surface area contributed by atoms with Crippen molar-refractivity contribution in [2.24, 2.45) is 0 Å². The molecule has 0 spiro atoms. The monoisotopic (exact) mass is 502 g/mol. The van der Waals surface area contributed by atoms with Gasteiger partial charge in [0.15, 0.2) is 6.10 Å². The van der Waals surface area contributed by atoms with Gasteiger partial charge in [-0.05, 0) is 46.7 Å². The van der Waals surface area contributed by atoms with E-state index in [0.29, 0.717) is 12.0 Å². The van der Waals surface area contributed by atoms with Crippen LogP contribution >= 0.6 is 0 Å². The van der Waals surface area contributed by atoms with Crippen LogP contribution in [0.15, 0.2) is 73.1 Å². The summed E-state index contributed by atoms with van der Waals surface area (Å²) in [5.74, 6) is -2.18. The molecule has 2 atom stereocenters. The molecule has 0 radical (unpaired) electrons. The molecule has 0 unspecified atom stereocenters. The highest BCUT2D eigenvalue weighted by Crippen LogP contribution is 2.44. The second kappa shape index (κ2) is 12.2. The highest BCUT2D eigenvalue weighted by molar-refractivity contribution is 5.84. The zero-order valence-electron chi connectivity index (χ0n) is 20.6. The predicted molar refractivity (Wildman–Crippen MR) is 137 cm³/mol. The minimum absolute atomic E-state index is 0.0803. The highest BCUT2D eigenvalue weighted by atomic mass is 16.6. The van der Waals surface area contributed by atoms with Crippen LogP contribution in [0.5, 0.6) is 0 Å². The number of carboxylic acids is 1. The molecular weight excluding hydrogens is 472 g/mol. The van der Waals surface area contributed by atoms with Crippen molar-refractivity contribution in [3.8, 4) is 11.1 Å². The third-order valence-electron chi connectivity index (χ3n) is 6.44. The Balaban J connectivity index is 1.45. The van der Waals surface area contributed by atoms with Crippen LogP contribution in [0.25, 0.3) is 11.1 Å². The molecule has 0 saturated heterocycles. The maximum atomic E-state index is 13.0. The number of nitrogens with zero attached hydrogens (tertiary/aromatic N) is 1. The van der Waals surface area contributed by atoms with E-state index in [1.165, 1.54) is 0 Å². The summed E-state index contributed by atoms with van der Waals surface area (Å²) in [7, 11) is 0. The molecule has 0 saturated carbocycles. The molecule has 0 aliphatic heterocycles. The molecule has 4 rings (SSSR count). The first kappa shape index (κ1) is 25.9. The van der Waals surface area contributed by atoms with Crippen molar-refractivity contribution >= 4 is 18.0 Å². The average Bonchev–Trinajstić information content (AvgIpc) is 3.23. The fraction of sp³-hybridized carbons (Fsp3) is 0.310. The number of esters is 1. The van der Waals surface area contributed by atoms with Gasteiger partial charge in [-0.1, -0.05) is 67.9 Å². The van der Waals surface area contributed by atoms with Gasteiger partial charge in [0, 0.05) is 24.7 Å². The summed E-state index contributed by atoms with van der Waals surface area (Å²) in [5, 5.41) is 12.0. The summed E-state index contributed by atoms with van der Waals surface area (Å²) in [4.78, 5) is 41.5. The molecule has 1 heterocycles. The lowest BCUT2D eigenvalue weighted by Gasteiger charge is -2.21. The number of aliphatic carboxylic acids is 1. The summed E-state index contributed by atoms with van der Waals surface area (Å²) in [5.41, 5.74) is 5.05. The Kier molecular flexibility index (Phi) is 8.51. The first-order chi connectivity index (χ1) is 18.0. The van der Waals surface area contributed by atoms with Gasteiger partial charge in [0.25, 0.3) is 0 Å². The van der Waals surface area contributed by atoms with Gasteiger partial charge in [-0.2, -0.15) is 0 Å². The van der Waals surface area contributed by atoms with Gasteiger partial charge in [0.2, 0.25) is 0 Å². The summed E-state index contributed by atoms with van der Waals surface area (Å²) < 4.78 is 10.9. The summed E-state index contributed by atoms with van der Waals surface area (Å²) >= 11 is 0. The third kappa shape index (κ3) is 6.33. The molecule has 0 bridgehead atoms. The normalized spacial score (nSPS) is 13.6. The maximum Gasteiger partial charge on any atom is 0.407 e. The van der Waals surface area contributed by atoms with Crippen LogP contribution in [0, 0.1) is 0 Å². The van der Waals surface area contributed by atoms with E-state index < -0.39 is 30.2 Å². The molecule has 1 aromatic heterocycles. The molecule has 37 heavy (non-hydrogen) atoms. The number of benzene rings is 2. The summed E-state index contributed by atoms with van der Waals surface area (Å²) in [6.45, 7) is 2.01. The number of hydrogen-bond acceptors (Lipinski definition) is 6. The van der Waals surface area contributed by atoms with Gasteiger partial charge < -0.3 is 19.9 Å². The number of rotatable bonds is 11. The van der Waals surface area contributed by atoms with Gasteiger partial charge in [-0.3, -0.25) is 4.98 Å². The fourth-order valence-electron chi connectivity index (χ4n) is 4.57. The summed E-state index contributed by atoms with van der Waals surface area (Å²) in [6, 6.07) is 18.3. The van der Waals surface area contributed by atoms with E-state index in [2.05, 4.69) is 10.3 Å². The van der Waals surface area contributed by atoms with Gasteiger partial charge in [0.1, 0.15) is 12.6 Å². The van der Waals surface area contributed by atoms with Crippen LogP contribution in [0.4, 0.5) is 4.79 Å². The van der Waals surface area contributed by atoms with Gasteiger partial charge >= 0.3 is 18.0 Å². The number of ether oxygens (including phenoxy) is 2. The standard InChI is InChI=1S/C29H30N2O6/c1-2-3-14-26(27(32)33)37-28(34)25(16-19-9-8-15-30-17-19)31-29(35)36-18-24-22-12-6-4-10-20(22)21-11-5-7-13-23(21)24/h4-13,15,17,24-26H,2-3,14,16,18H2,1H3,(H,31,35)(H,32,33)/t25-,26-/m0/s1. The van der Waals surface area contributed by atoms with E-state index in [1.54, 1.807) is 24.5 Å². The largest absolute Gasteiger partial charge is 0.479 e. The smallest absolute Gasteiger partial charge is 0.407 e. The first-order valence-corrected chi connectivity index (χ1v) is 12.4. The molecule has 1 aliphatic rings.